The van der Waals surface area contributed by atoms with Crippen LogP contribution in [-0.4, -0.2) is 24.0 Å². The largest absolute Gasteiger partial charge is 0.465 e. The second-order valence-corrected chi connectivity index (χ2v) is 6.25. The van der Waals surface area contributed by atoms with Gasteiger partial charge in [0.2, 0.25) is 0 Å². The summed E-state index contributed by atoms with van der Waals surface area (Å²) >= 11 is 1.32. The molecule has 0 saturated heterocycles. The fraction of sp³-hybridized carbons (Fsp3) is 0.167. The van der Waals surface area contributed by atoms with Crippen molar-refractivity contribution >= 4 is 28.9 Å². The first-order chi connectivity index (χ1) is 12.0. The molecule has 1 aromatic carbocycles. The first-order valence-electron chi connectivity index (χ1n) is 7.51. The lowest BCUT2D eigenvalue weighted by Gasteiger charge is -2.11. The number of amides is 1. The molecule has 0 aliphatic carbocycles. The van der Waals surface area contributed by atoms with Gasteiger partial charge in [0.15, 0.2) is 10.8 Å². The number of aromatic nitrogens is 1. The van der Waals surface area contributed by atoms with Gasteiger partial charge in [0.05, 0.1) is 18.4 Å². The monoisotopic (exact) mass is 356 g/mol. The molecule has 2 aromatic heterocycles. The normalized spacial score (nSPS) is 10.5. The van der Waals surface area contributed by atoms with Crippen molar-refractivity contribution in [1.82, 2.24) is 4.98 Å². The van der Waals surface area contributed by atoms with Crippen LogP contribution in [0.2, 0.25) is 0 Å². The van der Waals surface area contributed by atoms with Crippen LogP contribution >= 0.6 is 11.3 Å². The summed E-state index contributed by atoms with van der Waals surface area (Å²) in [6.45, 7) is 3.65. The molecule has 3 aromatic rings. The molecule has 0 fully saturated rings. The second-order valence-electron chi connectivity index (χ2n) is 5.39. The van der Waals surface area contributed by atoms with Gasteiger partial charge in [-0.3, -0.25) is 4.79 Å². The number of hydrogen-bond acceptors (Lipinski definition) is 6. The molecule has 0 radical (unpaired) electrons. The fourth-order valence-electron chi connectivity index (χ4n) is 2.33. The SMILES string of the molecule is COC(=O)c1cccc(C)c1NC(=O)c1csc(-c2ccc(C)o2)n1. The van der Waals surface area contributed by atoms with Crippen molar-refractivity contribution in [2.45, 2.75) is 13.8 Å². The van der Waals surface area contributed by atoms with Gasteiger partial charge in [-0.1, -0.05) is 12.1 Å². The van der Waals surface area contributed by atoms with E-state index in [9.17, 15) is 9.59 Å². The maximum atomic E-state index is 12.5. The number of nitrogens with zero attached hydrogens (tertiary/aromatic N) is 1. The van der Waals surface area contributed by atoms with E-state index in [2.05, 4.69) is 10.3 Å². The lowest BCUT2D eigenvalue weighted by atomic mass is 10.1. The number of hydrogen-bond donors (Lipinski definition) is 1. The van der Waals surface area contributed by atoms with Crippen molar-refractivity contribution in [3.8, 4) is 10.8 Å². The summed E-state index contributed by atoms with van der Waals surface area (Å²) in [5.41, 5.74) is 1.73. The van der Waals surface area contributed by atoms with Crippen molar-refractivity contribution in [2.24, 2.45) is 0 Å². The highest BCUT2D eigenvalue weighted by Gasteiger charge is 2.19. The standard InChI is InChI=1S/C18H16N2O4S/c1-10-5-4-6-12(18(22)23-3)15(10)20-16(21)13-9-25-17(19-13)14-8-7-11(2)24-14/h4-9H,1-3H3,(H,20,21). The van der Waals surface area contributed by atoms with E-state index >= 15 is 0 Å². The zero-order valence-electron chi connectivity index (χ0n) is 14.0. The summed E-state index contributed by atoms with van der Waals surface area (Å²) in [5.74, 6) is 0.487. The topological polar surface area (TPSA) is 81.4 Å². The fourth-order valence-corrected chi connectivity index (χ4v) is 3.09. The van der Waals surface area contributed by atoms with Gasteiger partial charge in [-0.05, 0) is 37.6 Å². The third-order valence-electron chi connectivity index (χ3n) is 3.60. The first kappa shape index (κ1) is 16.9. The maximum absolute atomic E-state index is 12.5. The molecule has 3 rings (SSSR count). The van der Waals surface area contributed by atoms with Crippen LogP contribution in [-0.2, 0) is 4.74 Å². The number of anilines is 1. The Hall–Kier alpha value is -2.93. The number of benzene rings is 1. The Morgan fingerprint density at radius 1 is 1.20 bits per heavy atom. The van der Waals surface area contributed by atoms with Crippen LogP contribution in [0.15, 0.2) is 40.1 Å². The van der Waals surface area contributed by atoms with E-state index in [0.717, 1.165) is 11.3 Å². The molecule has 1 amide bonds. The van der Waals surface area contributed by atoms with Gasteiger partial charge in [0.1, 0.15) is 11.5 Å². The number of aryl methyl sites for hydroxylation is 2. The van der Waals surface area contributed by atoms with Crippen LogP contribution < -0.4 is 5.32 Å². The van der Waals surface area contributed by atoms with Crippen molar-refractivity contribution in [3.63, 3.8) is 0 Å². The number of nitrogens with one attached hydrogen (secondary N) is 1. The average molecular weight is 356 g/mol. The van der Waals surface area contributed by atoms with E-state index in [0.29, 0.717) is 22.0 Å². The molecule has 0 atom stereocenters. The maximum Gasteiger partial charge on any atom is 0.339 e. The lowest BCUT2D eigenvalue weighted by Crippen LogP contribution is -2.16. The van der Waals surface area contributed by atoms with E-state index in [4.69, 9.17) is 9.15 Å². The van der Waals surface area contributed by atoms with Gasteiger partial charge in [0, 0.05) is 5.38 Å². The molecule has 25 heavy (non-hydrogen) atoms. The molecule has 2 heterocycles. The molecule has 0 unspecified atom stereocenters. The molecule has 0 aliphatic rings. The minimum absolute atomic E-state index is 0.258. The van der Waals surface area contributed by atoms with Crippen LogP contribution in [0, 0.1) is 13.8 Å². The van der Waals surface area contributed by atoms with E-state index < -0.39 is 11.9 Å². The first-order valence-corrected chi connectivity index (χ1v) is 8.39. The molecule has 0 aliphatic heterocycles. The van der Waals surface area contributed by atoms with Crippen LogP contribution in [0.25, 0.3) is 10.8 Å². The quantitative estimate of drug-likeness (QED) is 0.713. The minimum atomic E-state index is -0.510. The Balaban J connectivity index is 1.86. The van der Waals surface area contributed by atoms with E-state index in [1.807, 2.05) is 19.1 Å². The minimum Gasteiger partial charge on any atom is -0.465 e. The smallest absolute Gasteiger partial charge is 0.339 e. The van der Waals surface area contributed by atoms with E-state index in [1.165, 1.54) is 18.4 Å². The second kappa shape index (κ2) is 6.90. The summed E-state index contributed by atoms with van der Waals surface area (Å²) in [5, 5.41) is 5.03. The number of carbonyl (C=O) groups is 2. The Labute approximate surface area is 148 Å². The van der Waals surface area contributed by atoms with Gasteiger partial charge >= 0.3 is 5.97 Å². The summed E-state index contributed by atoms with van der Waals surface area (Å²) < 4.78 is 10.3. The number of esters is 1. The van der Waals surface area contributed by atoms with Gasteiger partial charge in [-0.2, -0.15) is 0 Å². The number of thiazole rings is 1. The number of ether oxygens (including phenoxy) is 1. The van der Waals surface area contributed by atoms with Gasteiger partial charge < -0.3 is 14.5 Å². The zero-order chi connectivity index (χ0) is 18.0. The van der Waals surface area contributed by atoms with E-state index in [1.54, 1.807) is 30.5 Å². The lowest BCUT2D eigenvalue weighted by molar-refractivity contribution is 0.0602. The number of carbonyl (C=O) groups excluding carboxylic acids is 2. The Morgan fingerprint density at radius 3 is 2.68 bits per heavy atom. The highest BCUT2D eigenvalue weighted by molar-refractivity contribution is 7.13. The summed E-state index contributed by atoms with van der Waals surface area (Å²) in [4.78, 5) is 28.7. The van der Waals surface area contributed by atoms with Crippen molar-refractivity contribution < 1.29 is 18.7 Å². The number of methoxy groups -OCH3 is 1. The van der Waals surface area contributed by atoms with E-state index in [-0.39, 0.29) is 5.69 Å². The summed E-state index contributed by atoms with van der Waals surface area (Å²) in [7, 11) is 1.30. The summed E-state index contributed by atoms with van der Waals surface area (Å²) in [6.07, 6.45) is 0. The molecule has 0 saturated carbocycles. The number of furan rings is 1. The van der Waals surface area contributed by atoms with Gasteiger partial charge in [-0.25, -0.2) is 9.78 Å². The molecule has 1 N–H and O–H groups in total. The van der Waals surface area contributed by atoms with Crippen LogP contribution in [0.3, 0.4) is 0 Å². The van der Waals surface area contributed by atoms with Crippen molar-refractivity contribution in [1.29, 1.82) is 0 Å². The molecular weight excluding hydrogens is 340 g/mol. The molecule has 7 heteroatoms. The van der Waals surface area contributed by atoms with Crippen molar-refractivity contribution in [2.75, 3.05) is 12.4 Å². The van der Waals surface area contributed by atoms with Crippen LogP contribution in [0.5, 0.6) is 0 Å². The molecular formula is C18H16N2O4S. The molecule has 0 bridgehead atoms. The van der Waals surface area contributed by atoms with Crippen LogP contribution in [0.1, 0.15) is 32.2 Å². The highest BCUT2D eigenvalue weighted by Crippen LogP contribution is 2.27. The van der Waals surface area contributed by atoms with Crippen molar-refractivity contribution in [3.05, 3.63) is 58.3 Å². The van der Waals surface area contributed by atoms with Gasteiger partial charge in [-0.15, -0.1) is 11.3 Å². The Kier molecular flexibility index (Phi) is 4.67. The highest BCUT2D eigenvalue weighted by atomic mass is 32.1. The molecule has 6 nitrogen and oxygen atoms in total. The molecule has 0 spiro atoms. The number of para-hydroxylation sites is 1. The number of rotatable bonds is 4. The Bertz CT molecular complexity index is 942. The third-order valence-corrected chi connectivity index (χ3v) is 4.46. The Morgan fingerprint density at radius 2 is 2.00 bits per heavy atom. The average Bonchev–Trinajstić information content (AvgIpc) is 3.24. The predicted molar refractivity (Wildman–Crippen MR) is 95.0 cm³/mol. The predicted octanol–water partition coefficient (Wildman–Crippen LogP) is 4.06. The zero-order valence-corrected chi connectivity index (χ0v) is 14.8. The molecule has 128 valence electrons. The third kappa shape index (κ3) is 3.46. The van der Waals surface area contributed by atoms with Gasteiger partial charge in [0.25, 0.3) is 5.91 Å². The summed E-state index contributed by atoms with van der Waals surface area (Å²) in [6, 6.07) is 8.79. The van der Waals surface area contributed by atoms with Crippen LogP contribution in [0.4, 0.5) is 5.69 Å².